The molecule has 0 atom stereocenters. The zero-order chi connectivity index (χ0) is 15.3. The van der Waals surface area contributed by atoms with Crippen LogP contribution in [0.15, 0.2) is 15.0 Å². The average molecular weight is 339 g/mol. The molecule has 0 spiro atoms. The average Bonchev–Trinajstić information content (AvgIpc) is 2.98. The lowest BCUT2D eigenvalue weighted by Gasteiger charge is -2.05. The number of alkyl halides is 3. The molecule has 0 N–H and O–H groups in total. The van der Waals surface area contributed by atoms with Crippen LogP contribution in [0, 0.1) is 6.92 Å². The first-order chi connectivity index (χ1) is 9.92. The van der Waals surface area contributed by atoms with Gasteiger partial charge in [0.1, 0.15) is 6.61 Å². The predicted molar refractivity (Wildman–Crippen MR) is 71.6 cm³/mol. The Morgan fingerprint density at radius 3 is 2.86 bits per heavy atom. The molecule has 2 rings (SSSR count). The smallest absolute Gasteiger partial charge is 0.411 e. The third-order valence-electron chi connectivity index (χ3n) is 2.17. The molecule has 116 valence electrons. The Morgan fingerprint density at radius 1 is 1.38 bits per heavy atom. The number of hydrogen-bond acceptors (Lipinski definition) is 7. The maximum Gasteiger partial charge on any atom is 0.411 e. The van der Waals surface area contributed by atoms with Crippen molar-refractivity contribution in [3.63, 3.8) is 0 Å². The van der Waals surface area contributed by atoms with E-state index in [0.717, 1.165) is 22.5 Å². The second kappa shape index (κ2) is 7.23. The maximum absolute atomic E-state index is 11.8. The highest BCUT2D eigenvalue weighted by atomic mass is 32.2. The highest BCUT2D eigenvalue weighted by Crippen LogP contribution is 2.19. The zero-order valence-electron chi connectivity index (χ0n) is 11.0. The largest absolute Gasteiger partial charge is 0.416 e. The lowest BCUT2D eigenvalue weighted by atomic mass is 10.3. The van der Waals surface area contributed by atoms with Crippen molar-refractivity contribution in [1.29, 1.82) is 0 Å². The third kappa shape index (κ3) is 6.02. The van der Waals surface area contributed by atoms with E-state index in [9.17, 15) is 13.2 Å². The van der Waals surface area contributed by atoms with E-state index in [-0.39, 0.29) is 6.61 Å². The van der Waals surface area contributed by atoms with E-state index >= 15 is 0 Å². The van der Waals surface area contributed by atoms with Crippen molar-refractivity contribution in [2.45, 2.75) is 24.7 Å². The first-order valence-electron chi connectivity index (χ1n) is 5.93. The van der Waals surface area contributed by atoms with E-state index in [4.69, 9.17) is 4.42 Å². The molecule has 0 fully saturated rings. The SMILES string of the molecule is Cc1nc(Cc2nnc(SCCOCC(F)(F)F)o2)cs1. The number of ether oxygens (including phenoxy) is 1. The molecule has 2 heterocycles. The molecule has 0 aromatic carbocycles. The van der Waals surface area contributed by atoms with Gasteiger partial charge in [-0.2, -0.15) is 13.2 Å². The number of rotatable bonds is 7. The Bertz CT molecular complexity index is 571. The number of thiazole rings is 1. The van der Waals surface area contributed by atoms with Crippen LogP contribution in [0.3, 0.4) is 0 Å². The van der Waals surface area contributed by atoms with Gasteiger partial charge in [0.2, 0.25) is 5.89 Å². The monoisotopic (exact) mass is 339 g/mol. The van der Waals surface area contributed by atoms with Crippen LogP contribution in [-0.2, 0) is 11.2 Å². The molecule has 0 radical (unpaired) electrons. The number of aryl methyl sites for hydroxylation is 1. The van der Waals surface area contributed by atoms with Gasteiger partial charge in [0.15, 0.2) is 0 Å². The van der Waals surface area contributed by atoms with Gasteiger partial charge in [-0.1, -0.05) is 11.8 Å². The minimum atomic E-state index is -4.30. The summed E-state index contributed by atoms with van der Waals surface area (Å²) in [5, 5.41) is 10.9. The highest BCUT2D eigenvalue weighted by molar-refractivity contribution is 7.99. The second-order valence-electron chi connectivity index (χ2n) is 4.01. The van der Waals surface area contributed by atoms with Crippen LogP contribution in [0.1, 0.15) is 16.6 Å². The summed E-state index contributed by atoms with van der Waals surface area (Å²) in [7, 11) is 0. The fourth-order valence-electron chi connectivity index (χ4n) is 1.39. The molecular formula is C11H12F3N3O2S2. The number of aromatic nitrogens is 3. The first-order valence-corrected chi connectivity index (χ1v) is 7.79. The summed E-state index contributed by atoms with van der Waals surface area (Å²) in [6, 6.07) is 0. The zero-order valence-corrected chi connectivity index (χ0v) is 12.6. The molecule has 10 heteroatoms. The lowest BCUT2D eigenvalue weighted by molar-refractivity contribution is -0.172. The molecule has 0 unspecified atom stereocenters. The molecule has 2 aromatic heterocycles. The van der Waals surface area contributed by atoms with Crippen molar-refractivity contribution < 1.29 is 22.3 Å². The van der Waals surface area contributed by atoms with Crippen LogP contribution in [0.4, 0.5) is 13.2 Å². The number of hydrogen-bond donors (Lipinski definition) is 0. The predicted octanol–water partition coefficient (Wildman–Crippen LogP) is 3.10. The van der Waals surface area contributed by atoms with E-state index in [2.05, 4.69) is 19.9 Å². The van der Waals surface area contributed by atoms with Gasteiger partial charge in [-0.3, -0.25) is 0 Å². The van der Waals surface area contributed by atoms with Gasteiger partial charge in [0.25, 0.3) is 5.22 Å². The molecule has 2 aromatic rings. The summed E-state index contributed by atoms with van der Waals surface area (Å²) < 4.78 is 45.4. The Hall–Kier alpha value is -1.13. The molecule has 0 aliphatic rings. The summed E-state index contributed by atoms with van der Waals surface area (Å²) in [6.45, 7) is 0.628. The van der Waals surface area contributed by atoms with Crippen LogP contribution in [0.5, 0.6) is 0 Å². The van der Waals surface area contributed by atoms with Gasteiger partial charge < -0.3 is 9.15 Å². The summed E-state index contributed by atoms with van der Waals surface area (Å²) in [4.78, 5) is 4.28. The maximum atomic E-state index is 11.8. The molecule has 0 aliphatic carbocycles. The van der Waals surface area contributed by atoms with Gasteiger partial charge in [-0.25, -0.2) is 4.98 Å². The van der Waals surface area contributed by atoms with E-state index in [1.165, 1.54) is 11.3 Å². The fourth-order valence-corrected chi connectivity index (χ4v) is 2.63. The summed E-state index contributed by atoms with van der Waals surface area (Å²) in [5.74, 6) is 0.743. The molecule has 0 bridgehead atoms. The van der Waals surface area contributed by atoms with Gasteiger partial charge in [0.05, 0.1) is 23.7 Å². The number of thioether (sulfide) groups is 1. The van der Waals surface area contributed by atoms with Crippen LogP contribution in [0.25, 0.3) is 0 Å². The summed E-state index contributed by atoms with van der Waals surface area (Å²) in [6.07, 6.45) is -3.85. The topological polar surface area (TPSA) is 61.0 Å². The summed E-state index contributed by atoms with van der Waals surface area (Å²) >= 11 is 2.69. The standard InChI is InChI=1S/C11H12F3N3O2S2/c1-7-15-8(5-21-7)4-9-16-17-10(19-9)20-3-2-18-6-11(12,13)14/h5H,2-4,6H2,1H3. The quantitative estimate of drug-likeness (QED) is 0.571. The minimum absolute atomic E-state index is 0.0346. The lowest BCUT2D eigenvalue weighted by Crippen LogP contribution is -2.17. The van der Waals surface area contributed by atoms with E-state index in [1.54, 1.807) is 0 Å². The van der Waals surface area contributed by atoms with Gasteiger partial charge in [-0.15, -0.1) is 21.5 Å². The van der Waals surface area contributed by atoms with Crippen molar-refractivity contribution in [1.82, 2.24) is 15.2 Å². The normalized spacial score (nSPS) is 12.0. The van der Waals surface area contributed by atoms with Crippen molar-refractivity contribution in [2.24, 2.45) is 0 Å². The van der Waals surface area contributed by atoms with Crippen molar-refractivity contribution in [2.75, 3.05) is 19.0 Å². The summed E-state index contributed by atoms with van der Waals surface area (Å²) in [5.41, 5.74) is 0.853. The number of halogens is 3. The second-order valence-corrected chi connectivity index (χ2v) is 6.12. The number of nitrogens with zero attached hydrogens (tertiary/aromatic N) is 3. The third-order valence-corrected chi connectivity index (χ3v) is 3.77. The van der Waals surface area contributed by atoms with Gasteiger partial charge >= 0.3 is 6.18 Å². The molecule has 21 heavy (non-hydrogen) atoms. The molecule has 5 nitrogen and oxygen atoms in total. The highest BCUT2D eigenvalue weighted by Gasteiger charge is 2.27. The fraction of sp³-hybridized carbons (Fsp3) is 0.545. The molecule has 0 amide bonds. The van der Waals surface area contributed by atoms with E-state index in [1.807, 2.05) is 12.3 Å². The molecule has 0 saturated carbocycles. The Labute approximate surface area is 126 Å². The van der Waals surface area contributed by atoms with E-state index in [0.29, 0.717) is 23.3 Å². The van der Waals surface area contributed by atoms with Crippen LogP contribution in [0.2, 0.25) is 0 Å². The Kier molecular flexibility index (Phi) is 5.59. The van der Waals surface area contributed by atoms with Crippen molar-refractivity contribution >= 4 is 23.1 Å². The Morgan fingerprint density at radius 2 is 2.19 bits per heavy atom. The van der Waals surface area contributed by atoms with Crippen LogP contribution < -0.4 is 0 Å². The van der Waals surface area contributed by atoms with Gasteiger partial charge in [0, 0.05) is 11.1 Å². The Balaban J connectivity index is 1.71. The minimum Gasteiger partial charge on any atom is -0.416 e. The molecular weight excluding hydrogens is 327 g/mol. The molecule has 0 saturated heterocycles. The van der Waals surface area contributed by atoms with Crippen molar-refractivity contribution in [3.05, 3.63) is 22.0 Å². The van der Waals surface area contributed by atoms with Crippen molar-refractivity contribution in [3.8, 4) is 0 Å². The first kappa shape index (κ1) is 16.2. The van der Waals surface area contributed by atoms with Gasteiger partial charge in [-0.05, 0) is 6.92 Å². The van der Waals surface area contributed by atoms with E-state index < -0.39 is 12.8 Å². The van der Waals surface area contributed by atoms with Crippen LogP contribution >= 0.6 is 23.1 Å². The molecule has 0 aliphatic heterocycles. The van der Waals surface area contributed by atoms with Crippen LogP contribution in [-0.4, -0.2) is 40.3 Å².